The zero-order chi connectivity index (χ0) is 11.6. The Bertz CT molecular complexity index is 413. The number of ether oxygens (including phenoxy) is 1. The van der Waals surface area contributed by atoms with E-state index in [0.717, 1.165) is 6.20 Å². The fourth-order valence-electron chi connectivity index (χ4n) is 0.979. The van der Waals surface area contributed by atoms with Crippen LogP contribution in [0.4, 0.5) is 18.9 Å². The van der Waals surface area contributed by atoms with Gasteiger partial charge in [-0.15, -0.1) is 13.2 Å². The fraction of sp³-hybridized carbons (Fsp3) is 0.286. The monoisotopic (exact) mass is 223 g/mol. The molecule has 1 aromatic heterocycles. The molecular weight excluding hydrogens is 215 g/mol. The van der Waals surface area contributed by atoms with Gasteiger partial charge in [0.2, 0.25) is 0 Å². The van der Waals surface area contributed by atoms with Gasteiger partial charge in [0, 0.05) is 12.7 Å². The third-order valence-electron chi connectivity index (χ3n) is 1.63. The molecule has 0 bridgehead atoms. The van der Waals surface area contributed by atoms with Crippen molar-refractivity contribution >= 4 is 5.69 Å². The van der Waals surface area contributed by atoms with Crippen molar-refractivity contribution in [2.24, 2.45) is 5.73 Å². The number of aromatic amines is 1. The second kappa shape index (κ2) is 3.81. The van der Waals surface area contributed by atoms with Crippen LogP contribution >= 0.6 is 0 Å². The van der Waals surface area contributed by atoms with Gasteiger partial charge in [-0.3, -0.25) is 4.79 Å². The lowest BCUT2D eigenvalue weighted by atomic mass is 10.2. The Kier molecular flexibility index (Phi) is 2.89. The smallest absolute Gasteiger partial charge is 0.402 e. The van der Waals surface area contributed by atoms with Crippen LogP contribution in [0.5, 0.6) is 5.75 Å². The standard InChI is InChI=1S/C7H8F3N3O2/c8-7(9,10)15-4-2-13-6(14)3(1-11)5(4)12/h2H,1,11H2,(H3,12,13,14). The Morgan fingerprint density at radius 1 is 1.47 bits per heavy atom. The summed E-state index contributed by atoms with van der Waals surface area (Å²) in [4.78, 5) is 13.1. The first kappa shape index (κ1) is 11.4. The van der Waals surface area contributed by atoms with Crippen LogP contribution in [-0.4, -0.2) is 11.3 Å². The van der Waals surface area contributed by atoms with E-state index in [0.29, 0.717) is 0 Å². The van der Waals surface area contributed by atoms with Crippen LogP contribution in [0.2, 0.25) is 0 Å². The summed E-state index contributed by atoms with van der Waals surface area (Å²) in [6, 6.07) is 0. The fourth-order valence-corrected chi connectivity index (χ4v) is 0.979. The van der Waals surface area contributed by atoms with Gasteiger partial charge in [0.1, 0.15) is 0 Å². The SMILES string of the molecule is NCc1c(N)c(OC(F)(F)F)c[nH]c1=O. The van der Waals surface area contributed by atoms with Crippen molar-refractivity contribution in [2.75, 3.05) is 5.73 Å². The summed E-state index contributed by atoms with van der Waals surface area (Å²) in [5.74, 6) is -0.664. The quantitative estimate of drug-likeness (QED) is 0.672. The average molecular weight is 223 g/mol. The van der Waals surface area contributed by atoms with Crippen molar-refractivity contribution in [1.82, 2.24) is 4.98 Å². The summed E-state index contributed by atoms with van der Waals surface area (Å²) in [6.07, 6.45) is -4.12. The molecule has 15 heavy (non-hydrogen) atoms. The minimum absolute atomic E-state index is 0.142. The highest BCUT2D eigenvalue weighted by molar-refractivity contribution is 5.56. The van der Waals surface area contributed by atoms with E-state index in [9.17, 15) is 18.0 Å². The van der Waals surface area contributed by atoms with Gasteiger partial charge in [-0.05, 0) is 0 Å². The number of anilines is 1. The highest BCUT2D eigenvalue weighted by Crippen LogP contribution is 2.27. The Morgan fingerprint density at radius 3 is 2.53 bits per heavy atom. The summed E-state index contributed by atoms with van der Waals surface area (Å²) in [5.41, 5.74) is 9.24. The van der Waals surface area contributed by atoms with E-state index in [1.54, 1.807) is 0 Å². The molecule has 0 atom stereocenters. The van der Waals surface area contributed by atoms with Crippen molar-refractivity contribution in [3.63, 3.8) is 0 Å². The number of nitrogens with two attached hydrogens (primary N) is 2. The van der Waals surface area contributed by atoms with Gasteiger partial charge in [0.05, 0.1) is 11.3 Å². The molecule has 0 aliphatic rings. The first-order valence-electron chi connectivity index (χ1n) is 3.81. The van der Waals surface area contributed by atoms with E-state index >= 15 is 0 Å². The molecule has 0 saturated carbocycles. The summed E-state index contributed by atoms with van der Waals surface area (Å²) in [7, 11) is 0. The van der Waals surface area contributed by atoms with Gasteiger partial charge in [0.25, 0.3) is 5.56 Å². The molecule has 84 valence electrons. The Balaban J connectivity index is 3.17. The van der Waals surface area contributed by atoms with E-state index in [1.165, 1.54) is 0 Å². The number of nitrogen functional groups attached to an aromatic ring is 1. The first-order chi connectivity index (χ1) is 6.85. The number of pyridine rings is 1. The number of nitrogens with one attached hydrogen (secondary N) is 1. The summed E-state index contributed by atoms with van der Waals surface area (Å²) in [5, 5.41) is 0. The summed E-state index contributed by atoms with van der Waals surface area (Å²) in [6.45, 7) is -0.268. The third-order valence-corrected chi connectivity index (χ3v) is 1.63. The van der Waals surface area contributed by atoms with Crippen molar-refractivity contribution in [3.8, 4) is 5.75 Å². The summed E-state index contributed by atoms with van der Waals surface area (Å²) < 4.78 is 39.1. The van der Waals surface area contributed by atoms with Gasteiger partial charge in [-0.1, -0.05) is 0 Å². The predicted octanol–water partition coefficient (Wildman–Crippen LogP) is 0.314. The molecule has 0 unspecified atom stereocenters. The van der Waals surface area contributed by atoms with E-state index in [-0.39, 0.29) is 12.1 Å². The zero-order valence-electron chi connectivity index (χ0n) is 7.39. The van der Waals surface area contributed by atoms with Crippen LogP contribution in [0.3, 0.4) is 0 Å². The van der Waals surface area contributed by atoms with Gasteiger partial charge < -0.3 is 21.2 Å². The van der Waals surface area contributed by atoms with Gasteiger partial charge >= 0.3 is 6.36 Å². The normalized spacial score (nSPS) is 11.5. The number of alkyl halides is 3. The van der Waals surface area contributed by atoms with Crippen LogP contribution in [0.15, 0.2) is 11.0 Å². The largest absolute Gasteiger partial charge is 0.573 e. The van der Waals surface area contributed by atoms with Crippen LogP contribution < -0.4 is 21.8 Å². The Labute approximate surface area is 81.8 Å². The molecular formula is C7H8F3N3O2. The lowest BCUT2D eigenvalue weighted by Gasteiger charge is -2.12. The van der Waals surface area contributed by atoms with Crippen molar-refractivity contribution < 1.29 is 17.9 Å². The Morgan fingerprint density at radius 2 is 2.07 bits per heavy atom. The highest BCUT2D eigenvalue weighted by atomic mass is 19.4. The van der Waals surface area contributed by atoms with Crippen molar-refractivity contribution in [3.05, 3.63) is 22.1 Å². The van der Waals surface area contributed by atoms with Gasteiger partial charge in [-0.25, -0.2) is 0 Å². The maximum Gasteiger partial charge on any atom is 0.573 e. The van der Waals surface area contributed by atoms with Crippen molar-refractivity contribution in [2.45, 2.75) is 12.9 Å². The molecule has 0 radical (unpaired) electrons. The molecule has 1 heterocycles. The molecule has 8 heteroatoms. The molecule has 0 saturated heterocycles. The number of halogens is 3. The van der Waals surface area contributed by atoms with Crippen LogP contribution in [-0.2, 0) is 6.54 Å². The molecule has 1 aromatic rings. The van der Waals surface area contributed by atoms with Gasteiger partial charge in [0.15, 0.2) is 5.75 Å². The number of rotatable bonds is 2. The van der Waals surface area contributed by atoms with Crippen LogP contribution in [0.25, 0.3) is 0 Å². The lowest BCUT2D eigenvalue weighted by molar-refractivity contribution is -0.274. The molecule has 0 aliphatic heterocycles. The number of hydrogen-bond donors (Lipinski definition) is 3. The number of H-pyrrole nitrogens is 1. The first-order valence-corrected chi connectivity index (χ1v) is 3.81. The summed E-state index contributed by atoms with van der Waals surface area (Å²) >= 11 is 0. The molecule has 0 aromatic carbocycles. The molecule has 5 nitrogen and oxygen atoms in total. The molecule has 0 spiro atoms. The predicted molar refractivity (Wildman–Crippen MR) is 46.0 cm³/mol. The van der Waals surface area contributed by atoms with E-state index < -0.39 is 23.4 Å². The van der Waals surface area contributed by atoms with Gasteiger partial charge in [-0.2, -0.15) is 0 Å². The third kappa shape index (κ3) is 2.62. The molecule has 5 N–H and O–H groups in total. The van der Waals surface area contributed by atoms with Crippen LogP contribution in [0, 0.1) is 0 Å². The average Bonchev–Trinajstić information content (AvgIpc) is 2.09. The van der Waals surface area contributed by atoms with E-state index in [4.69, 9.17) is 11.5 Å². The van der Waals surface area contributed by atoms with Crippen molar-refractivity contribution in [1.29, 1.82) is 0 Å². The Hall–Kier alpha value is -1.70. The maximum absolute atomic E-state index is 11.9. The van der Waals surface area contributed by atoms with E-state index in [2.05, 4.69) is 4.74 Å². The highest BCUT2D eigenvalue weighted by Gasteiger charge is 2.32. The minimum Gasteiger partial charge on any atom is -0.402 e. The maximum atomic E-state index is 11.9. The topological polar surface area (TPSA) is 94.1 Å². The second-order valence-electron chi connectivity index (χ2n) is 2.63. The number of aromatic nitrogens is 1. The molecule has 1 rings (SSSR count). The molecule has 0 aliphatic carbocycles. The van der Waals surface area contributed by atoms with E-state index in [1.807, 2.05) is 4.98 Å². The number of hydrogen-bond acceptors (Lipinski definition) is 4. The molecule has 0 amide bonds. The minimum atomic E-state index is -4.86. The zero-order valence-corrected chi connectivity index (χ0v) is 7.39. The second-order valence-corrected chi connectivity index (χ2v) is 2.63. The van der Waals surface area contributed by atoms with Crippen LogP contribution in [0.1, 0.15) is 5.56 Å². The lowest BCUT2D eigenvalue weighted by Crippen LogP contribution is -2.23. The molecule has 0 fully saturated rings.